The molecule has 2 rings (SSSR count). The molecule has 0 saturated carbocycles. The largest absolute Gasteiger partial charge is 0.490 e. The number of hydrogen-bond donors (Lipinski definition) is 1. The Hall–Kier alpha value is -3.49. The summed E-state index contributed by atoms with van der Waals surface area (Å²) in [5.41, 5.74) is 0.744. The molecule has 0 radical (unpaired) electrons. The Kier molecular flexibility index (Phi) is 4.97. The van der Waals surface area contributed by atoms with Crippen molar-refractivity contribution in [3.05, 3.63) is 67.3 Å². The van der Waals surface area contributed by atoms with Crippen molar-refractivity contribution in [2.24, 2.45) is 0 Å². The second kappa shape index (κ2) is 6.95. The van der Waals surface area contributed by atoms with Gasteiger partial charge in [-0.3, -0.25) is 25.0 Å². The molecule has 0 aliphatic heterocycles. The number of nitrogens with zero attached hydrogens (tertiary/aromatic N) is 2. The number of nitro groups is 2. The minimum Gasteiger partial charge on any atom is -0.490 e. The summed E-state index contributed by atoms with van der Waals surface area (Å²) < 4.78 is 4.88. The Morgan fingerprint density at radius 1 is 1.04 bits per heavy atom. The molecule has 0 aliphatic rings. The molecular formula is C16H15N3O6. The molecule has 0 bridgehead atoms. The van der Waals surface area contributed by atoms with Crippen molar-refractivity contribution in [2.75, 3.05) is 12.4 Å². The van der Waals surface area contributed by atoms with Crippen LogP contribution in [-0.2, 0) is 0 Å². The Morgan fingerprint density at radius 3 is 2.24 bits per heavy atom. The van der Waals surface area contributed by atoms with Gasteiger partial charge in [-0.2, -0.15) is 0 Å². The second-order valence-corrected chi connectivity index (χ2v) is 5.26. The number of carbonyl (C=O) groups excluding carboxylic acids is 1. The van der Waals surface area contributed by atoms with E-state index in [0.717, 1.165) is 11.6 Å². The maximum atomic E-state index is 12.4. The number of aryl methyl sites for hydroxylation is 1. The fourth-order valence-corrected chi connectivity index (χ4v) is 2.27. The molecule has 0 aromatic heterocycles. The Bertz CT molecular complexity index is 878. The first-order chi connectivity index (χ1) is 11.8. The SMILES string of the molecule is COc1ccc(C(=O)Nc2c([N+](=O)[O-])ccc(C)c2C)cc1[N+](=O)[O-]. The quantitative estimate of drug-likeness (QED) is 0.654. The van der Waals surface area contributed by atoms with Crippen molar-refractivity contribution in [3.8, 4) is 5.75 Å². The van der Waals surface area contributed by atoms with Gasteiger partial charge in [0.2, 0.25) is 0 Å². The average molecular weight is 345 g/mol. The van der Waals surface area contributed by atoms with Crippen LogP contribution in [0, 0.1) is 34.1 Å². The van der Waals surface area contributed by atoms with Gasteiger partial charge in [0, 0.05) is 17.7 Å². The molecule has 0 atom stereocenters. The maximum absolute atomic E-state index is 12.4. The van der Waals surface area contributed by atoms with E-state index >= 15 is 0 Å². The van der Waals surface area contributed by atoms with E-state index in [4.69, 9.17) is 4.74 Å². The topological polar surface area (TPSA) is 125 Å². The smallest absolute Gasteiger partial charge is 0.311 e. The summed E-state index contributed by atoms with van der Waals surface area (Å²) in [5.74, 6) is -0.679. The van der Waals surface area contributed by atoms with Gasteiger partial charge in [-0.05, 0) is 37.1 Å². The van der Waals surface area contributed by atoms with Crippen molar-refractivity contribution in [3.63, 3.8) is 0 Å². The van der Waals surface area contributed by atoms with Crippen molar-refractivity contribution in [2.45, 2.75) is 13.8 Å². The van der Waals surface area contributed by atoms with Crippen LogP contribution in [0.2, 0.25) is 0 Å². The van der Waals surface area contributed by atoms with Crippen LogP contribution >= 0.6 is 0 Å². The molecule has 0 spiro atoms. The van der Waals surface area contributed by atoms with E-state index in [9.17, 15) is 25.0 Å². The van der Waals surface area contributed by atoms with Crippen LogP contribution in [0.15, 0.2) is 30.3 Å². The highest BCUT2D eigenvalue weighted by atomic mass is 16.6. The molecule has 9 heteroatoms. The number of carbonyl (C=O) groups is 1. The molecule has 2 aromatic rings. The van der Waals surface area contributed by atoms with Crippen molar-refractivity contribution in [1.82, 2.24) is 0 Å². The fraction of sp³-hybridized carbons (Fsp3) is 0.188. The van der Waals surface area contributed by atoms with E-state index < -0.39 is 15.8 Å². The molecule has 0 saturated heterocycles. The molecule has 0 heterocycles. The fourth-order valence-electron chi connectivity index (χ4n) is 2.27. The first-order valence-corrected chi connectivity index (χ1v) is 7.14. The first-order valence-electron chi connectivity index (χ1n) is 7.14. The number of nitro benzene ring substituents is 2. The van der Waals surface area contributed by atoms with Crippen LogP contribution in [-0.4, -0.2) is 22.9 Å². The van der Waals surface area contributed by atoms with Crippen LogP contribution in [0.1, 0.15) is 21.5 Å². The lowest BCUT2D eigenvalue weighted by atomic mass is 10.1. The number of nitrogens with one attached hydrogen (secondary N) is 1. The van der Waals surface area contributed by atoms with E-state index in [1.807, 2.05) is 0 Å². The lowest BCUT2D eigenvalue weighted by molar-refractivity contribution is -0.385. The normalized spacial score (nSPS) is 10.2. The molecule has 0 aliphatic carbocycles. The molecule has 0 fully saturated rings. The third-order valence-corrected chi connectivity index (χ3v) is 3.79. The number of benzene rings is 2. The lowest BCUT2D eigenvalue weighted by Gasteiger charge is -2.11. The zero-order valence-electron chi connectivity index (χ0n) is 13.7. The van der Waals surface area contributed by atoms with Gasteiger partial charge >= 0.3 is 5.69 Å². The van der Waals surface area contributed by atoms with E-state index in [2.05, 4.69) is 5.32 Å². The summed E-state index contributed by atoms with van der Waals surface area (Å²) in [6, 6.07) is 6.59. The van der Waals surface area contributed by atoms with E-state index in [-0.39, 0.29) is 28.4 Å². The molecule has 2 aromatic carbocycles. The van der Waals surface area contributed by atoms with Crippen LogP contribution in [0.4, 0.5) is 17.1 Å². The van der Waals surface area contributed by atoms with Crippen LogP contribution in [0.25, 0.3) is 0 Å². The van der Waals surface area contributed by atoms with Crippen LogP contribution in [0.5, 0.6) is 5.75 Å². The summed E-state index contributed by atoms with van der Waals surface area (Å²) in [7, 11) is 1.28. The maximum Gasteiger partial charge on any atom is 0.311 e. The Balaban J connectivity index is 2.44. The van der Waals surface area contributed by atoms with Gasteiger partial charge < -0.3 is 10.1 Å². The Labute approximate surface area is 142 Å². The number of amides is 1. The molecule has 0 unspecified atom stereocenters. The molecule has 130 valence electrons. The monoisotopic (exact) mass is 345 g/mol. The predicted molar refractivity (Wildman–Crippen MR) is 90.2 cm³/mol. The zero-order chi connectivity index (χ0) is 18.7. The Morgan fingerprint density at radius 2 is 1.68 bits per heavy atom. The number of anilines is 1. The molecular weight excluding hydrogens is 330 g/mol. The van der Waals surface area contributed by atoms with Crippen molar-refractivity contribution < 1.29 is 19.4 Å². The second-order valence-electron chi connectivity index (χ2n) is 5.26. The van der Waals surface area contributed by atoms with Crippen molar-refractivity contribution in [1.29, 1.82) is 0 Å². The van der Waals surface area contributed by atoms with Crippen LogP contribution < -0.4 is 10.1 Å². The standard InChI is InChI=1S/C16H15N3O6/c1-9-4-6-12(18(21)22)15(10(9)2)17-16(20)11-5-7-14(25-3)13(8-11)19(23)24/h4-8H,1-3H3,(H,17,20). The number of rotatable bonds is 5. The molecule has 1 amide bonds. The number of ether oxygens (including phenoxy) is 1. The highest BCUT2D eigenvalue weighted by molar-refractivity contribution is 6.06. The summed E-state index contributed by atoms with van der Waals surface area (Å²) >= 11 is 0. The summed E-state index contributed by atoms with van der Waals surface area (Å²) in [6.07, 6.45) is 0. The van der Waals surface area contributed by atoms with Gasteiger partial charge in [0.05, 0.1) is 17.0 Å². The van der Waals surface area contributed by atoms with Gasteiger partial charge in [0.1, 0.15) is 5.69 Å². The van der Waals surface area contributed by atoms with E-state index in [1.165, 1.54) is 25.3 Å². The average Bonchev–Trinajstić information content (AvgIpc) is 2.57. The highest BCUT2D eigenvalue weighted by Crippen LogP contribution is 2.32. The lowest BCUT2D eigenvalue weighted by Crippen LogP contribution is -2.15. The molecule has 1 N–H and O–H groups in total. The van der Waals surface area contributed by atoms with E-state index in [1.54, 1.807) is 19.9 Å². The minimum atomic E-state index is -0.692. The van der Waals surface area contributed by atoms with Gasteiger partial charge in [0.15, 0.2) is 5.75 Å². The third kappa shape index (κ3) is 3.55. The predicted octanol–water partition coefficient (Wildman–Crippen LogP) is 3.38. The third-order valence-electron chi connectivity index (χ3n) is 3.79. The summed E-state index contributed by atoms with van der Waals surface area (Å²) in [6.45, 7) is 3.40. The van der Waals surface area contributed by atoms with Crippen LogP contribution in [0.3, 0.4) is 0 Å². The summed E-state index contributed by atoms with van der Waals surface area (Å²) in [5, 5.41) is 24.7. The first kappa shape index (κ1) is 17.9. The molecule has 9 nitrogen and oxygen atoms in total. The van der Waals surface area contributed by atoms with Crippen molar-refractivity contribution >= 4 is 23.0 Å². The summed E-state index contributed by atoms with van der Waals surface area (Å²) in [4.78, 5) is 33.4. The zero-order valence-corrected chi connectivity index (χ0v) is 13.7. The number of methoxy groups -OCH3 is 1. The van der Waals surface area contributed by atoms with Gasteiger partial charge in [-0.25, -0.2) is 0 Å². The minimum absolute atomic E-state index is 0.0114. The molecule has 25 heavy (non-hydrogen) atoms. The van der Waals surface area contributed by atoms with Gasteiger partial charge in [0.25, 0.3) is 11.6 Å². The van der Waals surface area contributed by atoms with Gasteiger partial charge in [-0.15, -0.1) is 0 Å². The van der Waals surface area contributed by atoms with Gasteiger partial charge in [-0.1, -0.05) is 6.07 Å². The van der Waals surface area contributed by atoms with E-state index in [0.29, 0.717) is 5.56 Å². The highest BCUT2D eigenvalue weighted by Gasteiger charge is 2.22. The number of hydrogen-bond acceptors (Lipinski definition) is 6.